The Hall–Kier alpha value is -3.21. The number of hydrogen-bond acceptors (Lipinski definition) is 4. The van der Waals surface area contributed by atoms with Crippen LogP contribution in [-0.2, 0) is 0 Å². The molecule has 23 heavy (non-hydrogen) atoms. The molecule has 0 N–H and O–H groups in total. The molecule has 4 aromatic rings. The van der Waals surface area contributed by atoms with Crippen LogP contribution in [0.1, 0.15) is 5.56 Å². The first-order valence-electron chi connectivity index (χ1n) is 7.16. The summed E-state index contributed by atoms with van der Waals surface area (Å²) in [5.74, 6) is 0.258. The zero-order chi connectivity index (χ0) is 16.0. The highest BCUT2D eigenvalue weighted by Crippen LogP contribution is 2.22. The first kappa shape index (κ1) is 13.5. The average Bonchev–Trinajstić information content (AvgIpc) is 2.56. The zero-order valence-electron chi connectivity index (χ0n) is 12.3. The number of aromatic nitrogens is 2. The van der Waals surface area contributed by atoms with Crippen molar-refractivity contribution in [3.63, 3.8) is 0 Å². The van der Waals surface area contributed by atoms with Crippen molar-refractivity contribution in [2.45, 2.75) is 6.92 Å². The maximum absolute atomic E-state index is 12.3. The van der Waals surface area contributed by atoms with Crippen LogP contribution in [0, 0.1) is 12.1 Å². The SMILES string of the molecule is Cc1ccc(-c2nc3c(c[n+]2[O-])c(=O)oc2ccccc23)cc1. The summed E-state index contributed by atoms with van der Waals surface area (Å²) in [5, 5.41) is 13.2. The minimum Gasteiger partial charge on any atom is -0.710 e. The van der Waals surface area contributed by atoms with Crippen molar-refractivity contribution in [2.75, 3.05) is 0 Å². The number of nitrogens with zero attached hydrogens (tertiary/aromatic N) is 2. The Labute approximate surface area is 131 Å². The Morgan fingerprint density at radius 2 is 1.78 bits per heavy atom. The van der Waals surface area contributed by atoms with Gasteiger partial charge in [0.1, 0.15) is 11.8 Å². The van der Waals surface area contributed by atoms with Crippen molar-refractivity contribution >= 4 is 21.9 Å². The van der Waals surface area contributed by atoms with Crippen LogP contribution in [0.2, 0.25) is 0 Å². The minimum absolute atomic E-state index is 0.176. The van der Waals surface area contributed by atoms with E-state index in [0.29, 0.717) is 26.8 Å². The van der Waals surface area contributed by atoms with Crippen molar-refractivity contribution in [3.05, 3.63) is 75.9 Å². The smallest absolute Gasteiger partial charge is 0.351 e. The van der Waals surface area contributed by atoms with Crippen molar-refractivity contribution in [1.29, 1.82) is 0 Å². The summed E-state index contributed by atoms with van der Waals surface area (Å²) in [7, 11) is 0. The lowest BCUT2D eigenvalue weighted by atomic mass is 10.1. The van der Waals surface area contributed by atoms with E-state index in [1.807, 2.05) is 43.3 Å². The largest absolute Gasteiger partial charge is 0.710 e. The van der Waals surface area contributed by atoms with E-state index in [0.717, 1.165) is 5.56 Å². The van der Waals surface area contributed by atoms with E-state index in [1.54, 1.807) is 12.1 Å². The summed E-state index contributed by atoms with van der Waals surface area (Å²) < 4.78 is 5.85. The highest BCUT2D eigenvalue weighted by Gasteiger charge is 2.19. The van der Waals surface area contributed by atoms with Gasteiger partial charge in [0.15, 0.2) is 5.39 Å². The molecule has 0 aliphatic carbocycles. The first-order valence-corrected chi connectivity index (χ1v) is 7.16. The van der Waals surface area contributed by atoms with Gasteiger partial charge < -0.3 is 9.62 Å². The van der Waals surface area contributed by atoms with Gasteiger partial charge in [-0.15, -0.1) is 0 Å². The molecule has 2 aromatic heterocycles. The Kier molecular flexibility index (Phi) is 2.87. The van der Waals surface area contributed by atoms with Gasteiger partial charge in [-0.1, -0.05) is 29.8 Å². The zero-order valence-corrected chi connectivity index (χ0v) is 12.3. The fraction of sp³-hybridized carbons (Fsp3) is 0.0556. The second-order valence-corrected chi connectivity index (χ2v) is 5.40. The molecule has 0 amide bonds. The monoisotopic (exact) mass is 304 g/mol. The third-order valence-electron chi connectivity index (χ3n) is 3.80. The predicted octanol–water partition coefficient (Wildman–Crippen LogP) is 2.95. The molecule has 112 valence electrons. The van der Waals surface area contributed by atoms with Crippen LogP contribution in [0.15, 0.2) is 63.9 Å². The molecule has 2 heterocycles. The highest BCUT2D eigenvalue weighted by molar-refractivity contribution is 6.01. The molecule has 0 aliphatic heterocycles. The average molecular weight is 304 g/mol. The molecule has 0 saturated heterocycles. The molecule has 0 saturated carbocycles. The fourth-order valence-electron chi connectivity index (χ4n) is 2.61. The lowest BCUT2D eigenvalue weighted by Gasteiger charge is -2.07. The number of fused-ring (bicyclic) bond motifs is 3. The van der Waals surface area contributed by atoms with Gasteiger partial charge in [0.05, 0.1) is 10.9 Å². The number of hydrogen-bond donors (Lipinski definition) is 0. The molecule has 4 rings (SSSR count). The van der Waals surface area contributed by atoms with Gasteiger partial charge in [-0.3, -0.25) is 0 Å². The van der Waals surface area contributed by atoms with Crippen molar-refractivity contribution in [2.24, 2.45) is 0 Å². The van der Waals surface area contributed by atoms with Gasteiger partial charge in [-0.05, 0) is 36.2 Å². The van der Waals surface area contributed by atoms with Crippen LogP contribution in [0.4, 0.5) is 0 Å². The van der Waals surface area contributed by atoms with Crippen molar-refractivity contribution in [3.8, 4) is 11.4 Å². The van der Waals surface area contributed by atoms with E-state index in [9.17, 15) is 10.0 Å². The highest BCUT2D eigenvalue weighted by atomic mass is 16.5. The maximum Gasteiger partial charge on any atom is 0.351 e. The number of rotatable bonds is 1. The summed E-state index contributed by atoms with van der Waals surface area (Å²) in [6, 6.07) is 14.7. The van der Waals surface area contributed by atoms with Crippen molar-refractivity contribution in [1.82, 2.24) is 4.98 Å². The molecule has 0 radical (unpaired) electrons. The van der Waals surface area contributed by atoms with E-state index < -0.39 is 5.63 Å². The molecule has 0 spiro atoms. The normalized spacial score (nSPS) is 11.2. The Balaban J connectivity index is 2.11. The van der Waals surface area contributed by atoms with Gasteiger partial charge in [0.2, 0.25) is 5.52 Å². The van der Waals surface area contributed by atoms with Gasteiger partial charge in [-0.2, -0.15) is 0 Å². The molecule has 5 nitrogen and oxygen atoms in total. The van der Waals surface area contributed by atoms with Crippen LogP contribution < -0.4 is 10.4 Å². The van der Waals surface area contributed by atoms with Gasteiger partial charge in [-0.25, -0.2) is 9.52 Å². The van der Waals surface area contributed by atoms with E-state index in [-0.39, 0.29) is 11.2 Å². The first-order chi connectivity index (χ1) is 11.1. The summed E-state index contributed by atoms with van der Waals surface area (Å²) in [5.41, 5.74) is 2.16. The molecule has 0 aliphatic rings. The van der Waals surface area contributed by atoms with Crippen LogP contribution in [0.5, 0.6) is 0 Å². The van der Waals surface area contributed by atoms with E-state index >= 15 is 0 Å². The molecule has 0 fully saturated rings. The van der Waals surface area contributed by atoms with Crippen LogP contribution >= 0.6 is 0 Å². The van der Waals surface area contributed by atoms with Gasteiger partial charge >= 0.3 is 11.4 Å². The minimum atomic E-state index is -0.564. The van der Waals surface area contributed by atoms with E-state index in [1.165, 1.54) is 6.20 Å². The van der Waals surface area contributed by atoms with E-state index in [2.05, 4.69) is 4.98 Å². The lowest BCUT2D eigenvalue weighted by molar-refractivity contribution is -0.595. The Morgan fingerprint density at radius 3 is 2.57 bits per heavy atom. The molecular weight excluding hydrogens is 292 g/mol. The second-order valence-electron chi connectivity index (χ2n) is 5.40. The van der Waals surface area contributed by atoms with Gasteiger partial charge in [0, 0.05) is 0 Å². The molecular formula is C18H12N2O3. The van der Waals surface area contributed by atoms with Crippen LogP contribution in [0.25, 0.3) is 33.3 Å². The predicted molar refractivity (Wildman–Crippen MR) is 86.9 cm³/mol. The third-order valence-corrected chi connectivity index (χ3v) is 3.80. The number of benzene rings is 2. The molecule has 5 heteroatoms. The second kappa shape index (κ2) is 4.91. The summed E-state index contributed by atoms with van der Waals surface area (Å²) >= 11 is 0. The third kappa shape index (κ3) is 2.14. The summed E-state index contributed by atoms with van der Waals surface area (Å²) in [4.78, 5) is 16.5. The summed E-state index contributed by atoms with van der Waals surface area (Å²) in [6.45, 7) is 1.97. The standard InChI is InChI=1S/C18H12N2O3/c1-11-6-8-12(9-7-11)17-19-16-13-4-2-3-5-15(13)23-18(21)14(16)10-20(17)22/h2-10H,1H3. The Bertz CT molecular complexity index is 1100. The molecule has 2 aromatic carbocycles. The lowest BCUT2D eigenvalue weighted by Crippen LogP contribution is -2.31. The molecule has 0 atom stereocenters. The van der Waals surface area contributed by atoms with Crippen molar-refractivity contribution < 1.29 is 9.15 Å². The number of aryl methyl sites for hydroxylation is 1. The summed E-state index contributed by atoms with van der Waals surface area (Å²) in [6.07, 6.45) is 1.23. The topological polar surface area (TPSA) is 70.0 Å². The number of para-hydroxylation sites is 1. The Morgan fingerprint density at radius 1 is 1.04 bits per heavy atom. The van der Waals surface area contributed by atoms with Crippen LogP contribution in [0.3, 0.4) is 0 Å². The maximum atomic E-state index is 12.3. The fourth-order valence-corrected chi connectivity index (χ4v) is 2.61. The molecule has 0 unspecified atom stereocenters. The quantitative estimate of drug-likeness (QED) is 0.235. The van der Waals surface area contributed by atoms with E-state index in [4.69, 9.17) is 4.42 Å². The van der Waals surface area contributed by atoms with Crippen LogP contribution in [-0.4, -0.2) is 4.98 Å². The molecule has 0 bridgehead atoms. The van der Waals surface area contributed by atoms with Gasteiger partial charge in [0.25, 0.3) is 0 Å².